The number of hydrogen-bond donors (Lipinski definition) is 1. The van der Waals surface area contributed by atoms with Gasteiger partial charge in [0.15, 0.2) is 17.3 Å². The molecule has 0 heterocycles. The van der Waals surface area contributed by atoms with Crippen LogP contribution in [0.2, 0.25) is 0 Å². The first-order valence-corrected chi connectivity index (χ1v) is 7.63. The van der Waals surface area contributed by atoms with Crippen molar-refractivity contribution in [3.8, 4) is 16.9 Å². The molecule has 0 radical (unpaired) electrons. The third-order valence-electron chi connectivity index (χ3n) is 4.05. The molecular weight excluding hydrogens is 279 g/mol. The van der Waals surface area contributed by atoms with E-state index in [0.29, 0.717) is 23.5 Å². The SMILES string of the molecule is CCC(C)CCC(=O)c1ccc(-c2ccc(O)c(F)c2)cc1. The van der Waals surface area contributed by atoms with Gasteiger partial charge in [-0.2, -0.15) is 0 Å². The Balaban J connectivity index is 2.09. The highest BCUT2D eigenvalue weighted by molar-refractivity contribution is 5.96. The number of carbonyl (C=O) groups excluding carboxylic acids is 1. The van der Waals surface area contributed by atoms with Crippen molar-refractivity contribution < 1.29 is 14.3 Å². The summed E-state index contributed by atoms with van der Waals surface area (Å²) in [6.07, 6.45) is 2.54. The van der Waals surface area contributed by atoms with E-state index in [0.717, 1.165) is 18.4 Å². The lowest BCUT2D eigenvalue weighted by atomic mass is 9.97. The summed E-state index contributed by atoms with van der Waals surface area (Å²) in [5, 5.41) is 9.21. The first-order valence-electron chi connectivity index (χ1n) is 7.63. The van der Waals surface area contributed by atoms with Crippen LogP contribution >= 0.6 is 0 Å². The lowest BCUT2D eigenvalue weighted by Crippen LogP contribution is -2.02. The van der Waals surface area contributed by atoms with E-state index >= 15 is 0 Å². The van der Waals surface area contributed by atoms with E-state index in [-0.39, 0.29) is 11.5 Å². The Morgan fingerprint density at radius 3 is 2.36 bits per heavy atom. The number of rotatable bonds is 6. The van der Waals surface area contributed by atoms with Crippen molar-refractivity contribution in [1.82, 2.24) is 0 Å². The van der Waals surface area contributed by atoms with Crippen LogP contribution in [0.4, 0.5) is 4.39 Å². The first kappa shape index (κ1) is 16.2. The van der Waals surface area contributed by atoms with Crippen LogP contribution in [0.25, 0.3) is 11.1 Å². The maximum absolute atomic E-state index is 13.4. The number of phenolic OH excluding ortho intramolecular Hbond substituents is 1. The minimum Gasteiger partial charge on any atom is -0.505 e. The molecule has 2 rings (SSSR count). The van der Waals surface area contributed by atoms with Crippen LogP contribution in [0.15, 0.2) is 42.5 Å². The third kappa shape index (κ3) is 3.94. The summed E-state index contributed by atoms with van der Waals surface area (Å²) in [5.41, 5.74) is 2.18. The Labute approximate surface area is 130 Å². The first-order chi connectivity index (χ1) is 10.5. The number of aromatic hydroxyl groups is 1. The molecule has 2 nitrogen and oxygen atoms in total. The molecule has 0 saturated carbocycles. The molecule has 1 N–H and O–H groups in total. The highest BCUT2D eigenvalue weighted by atomic mass is 19.1. The molecule has 1 unspecified atom stereocenters. The quantitative estimate of drug-likeness (QED) is 0.744. The van der Waals surface area contributed by atoms with Crippen molar-refractivity contribution in [3.05, 3.63) is 53.8 Å². The second-order valence-corrected chi connectivity index (χ2v) is 5.72. The van der Waals surface area contributed by atoms with Crippen molar-refractivity contribution in [2.45, 2.75) is 33.1 Å². The highest BCUT2D eigenvalue weighted by Gasteiger charge is 2.09. The van der Waals surface area contributed by atoms with E-state index in [1.54, 1.807) is 18.2 Å². The average Bonchev–Trinajstić information content (AvgIpc) is 2.55. The molecule has 0 bridgehead atoms. The normalized spacial score (nSPS) is 12.1. The molecule has 0 aliphatic carbocycles. The molecule has 0 fully saturated rings. The van der Waals surface area contributed by atoms with E-state index in [1.807, 2.05) is 12.1 Å². The molecule has 3 heteroatoms. The van der Waals surface area contributed by atoms with Crippen molar-refractivity contribution >= 4 is 5.78 Å². The number of hydrogen-bond acceptors (Lipinski definition) is 2. The molecule has 116 valence electrons. The zero-order valence-electron chi connectivity index (χ0n) is 13.0. The minimum absolute atomic E-state index is 0.142. The zero-order chi connectivity index (χ0) is 16.1. The summed E-state index contributed by atoms with van der Waals surface area (Å²) >= 11 is 0. The number of halogens is 1. The smallest absolute Gasteiger partial charge is 0.165 e. The van der Waals surface area contributed by atoms with Crippen LogP contribution in [-0.2, 0) is 0 Å². The Bertz CT molecular complexity index is 647. The summed E-state index contributed by atoms with van der Waals surface area (Å²) in [5.74, 6) is -0.307. The predicted octanol–water partition coefficient (Wildman–Crippen LogP) is 5.21. The Morgan fingerprint density at radius 2 is 1.77 bits per heavy atom. The van der Waals surface area contributed by atoms with Crippen molar-refractivity contribution in [2.75, 3.05) is 0 Å². The van der Waals surface area contributed by atoms with Gasteiger partial charge in [-0.1, -0.05) is 50.6 Å². The van der Waals surface area contributed by atoms with Crippen LogP contribution in [0.5, 0.6) is 5.75 Å². The monoisotopic (exact) mass is 300 g/mol. The van der Waals surface area contributed by atoms with Crippen LogP contribution in [0.3, 0.4) is 0 Å². The average molecular weight is 300 g/mol. The fourth-order valence-electron chi connectivity index (χ4n) is 2.26. The molecule has 0 aliphatic heterocycles. The van der Waals surface area contributed by atoms with Gasteiger partial charge >= 0.3 is 0 Å². The molecular formula is C19H21FO2. The topological polar surface area (TPSA) is 37.3 Å². The van der Waals surface area contributed by atoms with Crippen molar-refractivity contribution in [1.29, 1.82) is 0 Å². The van der Waals surface area contributed by atoms with Crippen LogP contribution < -0.4 is 0 Å². The van der Waals surface area contributed by atoms with Gasteiger partial charge < -0.3 is 5.11 Å². The van der Waals surface area contributed by atoms with E-state index in [1.165, 1.54) is 12.1 Å². The van der Waals surface area contributed by atoms with Gasteiger partial charge in [0, 0.05) is 12.0 Å². The number of Topliss-reactive ketones (excluding diaryl/α,β-unsaturated/α-hetero) is 1. The number of carbonyl (C=O) groups is 1. The lowest BCUT2D eigenvalue weighted by molar-refractivity contribution is 0.0974. The Morgan fingerprint density at radius 1 is 1.14 bits per heavy atom. The molecule has 2 aromatic carbocycles. The maximum Gasteiger partial charge on any atom is 0.165 e. The molecule has 22 heavy (non-hydrogen) atoms. The zero-order valence-corrected chi connectivity index (χ0v) is 13.0. The summed E-state index contributed by atoms with van der Waals surface area (Å²) in [6, 6.07) is 11.4. The van der Waals surface area contributed by atoms with Gasteiger partial charge in [0.1, 0.15) is 0 Å². The van der Waals surface area contributed by atoms with Crippen molar-refractivity contribution in [3.63, 3.8) is 0 Å². The standard InChI is InChI=1S/C19H21FO2/c1-3-13(2)4-10-18(21)15-7-5-14(6-8-15)16-9-11-19(22)17(20)12-16/h5-9,11-13,22H,3-4,10H2,1-2H3. The third-order valence-corrected chi connectivity index (χ3v) is 4.05. The number of ketones is 1. The second-order valence-electron chi connectivity index (χ2n) is 5.72. The Kier molecular flexibility index (Phi) is 5.31. The van der Waals surface area contributed by atoms with Gasteiger partial charge in [0.2, 0.25) is 0 Å². The lowest BCUT2D eigenvalue weighted by Gasteiger charge is -2.08. The molecule has 0 aliphatic rings. The molecule has 1 atom stereocenters. The predicted molar refractivity (Wildman–Crippen MR) is 86.5 cm³/mol. The largest absolute Gasteiger partial charge is 0.505 e. The van der Waals surface area contributed by atoms with Crippen molar-refractivity contribution in [2.24, 2.45) is 5.92 Å². The van der Waals surface area contributed by atoms with E-state index < -0.39 is 5.82 Å². The number of phenols is 1. The van der Waals surface area contributed by atoms with E-state index in [9.17, 15) is 14.3 Å². The van der Waals surface area contributed by atoms with Crippen LogP contribution in [-0.4, -0.2) is 10.9 Å². The molecule has 0 aromatic heterocycles. The summed E-state index contributed by atoms with van der Waals surface area (Å²) in [4.78, 5) is 12.1. The van der Waals surface area contributed by atoms with E-state index in [4.69, 9.17) is 0 Å². The summed E-state index contributed by atoms with van der Waals surface area (Å²) in [6.45, 7) is 4.27. The second kappa shape index (κ2) is 7.21. The van der Waals surface area contributed by atoms with Gasteiger partial charge in [-0.3, -0.25) is 4.79 Å². The maximum atomic E-state index is 13.4. The summed E-state index contributed by atoms with van der Waals surface area (Å²) < 4.78 is 13.4. The minimum atomic E-state index is -0.647. The fourth-order valence-corrected chi connectivity index (χ4v) is 2.26. The molecule has 0 saturated heterocycles. The van der Waals surface area contributed by atoms with Gasteiger partial charge in [-0.05, 0) is 35.6 Å². The summed E-state index contributed by atoms with van der Waals surface area (Å²) in [7, 11) is 0. The van der Waals surface area contributed by atoms with E-state index in [2.05, 4.69) is 13.8 Å². The highest BCUT2D eigenvalue weighted by Crippen LogP contribution is 2.25. The van der Waals surface area contributed by atoms with Gasteiger partial charge in [-0.15, -0.1) is 0 Å². The molecule has 0 amide bonds. The van der Waals surface area contributed by atoms with Gasteiger partial charge in [0.25, 0.3) is 0 Å². The fraction of sp³-hybridized carbons (Fsp3) is 0.316. The molecule has 2 aromatic rings. The van der Waals surface area contributed by atoms with Crippen LogP contribution in [0, 0.1) is 11.7 Å². The van der Waals surface area contributed by atoms with Gasteiger partial charge in [-0.25, -0.2) is 4.39 Å². The van der Waals surface area contributed by atoms with Crippen LogP contribution in [0.1, 0.15) is 43.5 Å². The molecule has 0 spiro atoms. The number of benzene rings is 2. The van der Waals surface area contributed by atoms with Gasteiger partial charge in [0.05, 0.1) is 0 Å². The Hall–Kier alpha value is -2.16.